The first-order valence-electron chi connectivity index (χ1n) is 12.4. The number of fused-ring (bicyclic) bond motifs is 1. The van der Waals surface area contributed by atoms with Crippen LogP contribution in [0.15, 0.2) is 30.5 Å². The number of hydrogen-bond donors (Lipinski definition) is 2. The highest BCUT2D eigenvalue weighted by atomic mass is 16.2. The summed E-state index contributed by atoms with van der Waals surface area (Å²) in [4.78, 5) is 27.2. The van der Waals surface area contributed by atoms with Crippen molar-refractivity contribution in [3.05, 3.63) is 47.2 Å². The maximum absolute atomic E-state index is 13.0. The number of piperidine rings is 1. The number of nitrogens with one attached hydrogen (secondary N) is 2. The van der Waals surface area contributed by atoms with Crippen LogP contribution < -0.4 is 10.6 Å². The third kappa shape index (κ3) is 5.25. The molecule has 2 N–H and O–H groups in total. The summed E-state index contributed by atoms with van der Waals surface area (Å²) >= 11 is 0. The van der Waals surface area contributed by atoms with Crippen LogP contribution in [0, 0.1) is 11.3 Å². The quantitative estimate of drug-likeness (QED) is 0.686. The van der Waals surface area contributed by atoms with Crippen LogP contribution in [0.1, 0.15) is 87.2 Å². The van der Waals surface area contributed by atoms with Crippen molar-refractivity contribution in [3.63, 3.8) is 0 Å². The molecule has 1 saturated heterocycles. The Balaban J connectivity index is 1.41. The maximum atomic E-state index is 13.0. The minimum Gasteiger partial charge on any atom is -0.329 e. The van der Waals surface area contributed by atoms with Crippen LogP contribution in [0.25, 0.3) is 0 Å². The summed E-state index contributed by atoms with van der Waals surface area (Å²) in [6.45, 7) is 12.4. The fraction of sp³-hybridized carbons (Fsp3) is 0.630. The molecule has 0 aromatic heterocycles. The van der Waals surface area contributed by atoms with Crippen molar-refractivity contribution in [1.29, 1.82) is 0 Å². The fourth-order valence-corrected chi connectivity index (χ4v) is 5.49. The first-order valence-corrected chi connectivity index (χ1v) is 12.4. The normalized spacial score (nSPS) is 26.3. The zero-order valence-corrected chi connectivity index (χ0v) is 20.0. The number of rotatable bonds is 6. The number of amides is 2. The summed E-state index contributed by atoms with van der Waals surface area (Å²) in [6, 6.07) is 6.52. The van der Waals surface area contributed by atoms with Crippen molar-refractivity contribution >= 4 is 11.8 Å². The van der Waals surface area contributed by atoms with E-state index in [-0.39, 0.29) is 11.8 Å². The van der Waals surface area contributed by atoms with Gasteiger partial charge in [0, 0.05) is 23.8 Å². The summed E-state index contributed by atoms with van der Waals surface area (Å²) in [5.41, 5.74) is 4.25. The van der Waals surface area contributed by atoms with Crippen molar-refractivity contribution in [1.82, 2.24) is 15.5 Å². The Labute approximate surface area is 193 Å². The second kappa shape index (κ2) is 9.38. The third-order valence-electron chi connectivity index (χ3n) is 7.39. The molecule has 0 bridgehead atoms. The average Bonchev–Trinajstić information content (AvgIpc) is 3.04. The molecule has 3 aliphatic rings. The Bertz CT molecular complexity index is 885. The van der Waals surface area contributed by atoms with Gasteiger partial charge in [-0.15, -0.1) is 0 Å². The Morgan fingerprint density at radius 3 is 2.69 bits per heavy atom. The molecule has 2 heterocycles. The van der Waals surface area contributed by atoms with E-state index in [4.69, 9.17) is 0 Å². The topological polar surface area (TPSA) is 61.4 Å². The van der Waals surface area contributed by atoms with Crippen LogP contribution in [0.4, 0.5) is 0 Å². The molecule has 1 aromatic carbocycles. The lowest BCUT2D eigenvalue weighted by molar-refractivity contribution is -0.126. The molecule has 1 aliphatic carbocycles. The van der Waals surface area contributed by atoms with E-state index in [2.05, 4.69) is 50.1 Å². The molecule has 2 aliphatic heterocycles. The van der Waals surface area contributed by atoms with E-state index in [1.165, 1.54) is 37.7 Å². The van der Waals surface area contributed by atoms with Crippen LogP contribution in [-0.4, -0.2) is 35.3 Å². The van der Waals surface area contributed by atoms with Gasteiger partial charge in [0.2, 0.25) is 5.91 Å². The van der Waals surface area contributed by atoms with Gasteiger partial charge in [0.1, 0.15) is 6.04 Å². The molecule has 32 heavy (non-hydrogen) atoms. The molecule has 1 saturated carbocycles. The number of carbonyl (C=O) groups is 2. The lowest BCUT2D eigenvalue weighted by atomic mass is 9.80. The molecule has 2 fully saturated rings. The van der Waals surface area contributed by atoms with Gasteiger partial charge >= 0.3 is 0 Å². The van der Waals surface area contributed by atoms with Gasteiger partial charge in [-0.05, 0) is 73.6 Å². The second-order valence-electron chi connectivity index (χ2n) is 11.2. The molecule has 0 radical (unpaired) electrons. The summed E-state index contributed by atoms with van der Waals surface area (Å²) in [6.07, 6.45) is 8.77. The lowest BCUT2D eigenvalue weighted by Crippen LogP contribution is -2.49. The van der Waals surface area contributed by atoms with E-state index < -0.39 is 6.04 Å². The molecule has 4 rings (SSSR count). The Morgan fingerprint density at radius 2 is 1.94 bits per heavy atom. The van der Waals surface area contributed by atoms with Crippen LogP contribution >= 0.6 is 0 Å². The molecular weight excluding hydrogens is 398 g/mol. The lowest BCUT2D eigenvalue weighted by Gasteiger charge is -2.33. The molecule has 174 valence electrons. The van der Waals surface area contributed by atoms with E-state index in [0.717, 1.165) is 36.2 Å². The average molecular weight is 438 g/mol. The van der Waals surface area contributed by atoms with Gasteiger partial charge in [-0.2, -0.15) is 0 Å². The van der Waals surface area contributed by atoms with Crippen molar-refractivity contribution in [2.75, 3.05) is 6.54 Å². The Kier molecular flexibility index (Phi) is 6.75. The van der Waals surface area contributed by atoms with E-state index in [1.807, 2.05) is 6.07 Å². The first-order chi connectivity index (χ1) is 15.2. The van der Waals surface area contributed by atoms with Gasteiger partial charge < -0.3 is 15.5 Å². The van der Waals surface area contributed by atoms with Gasteiger partial charge in [0.15, 0.2) is 0 Å². The number of nitrogens with zero attached hydrogens (tertiary/aromatic N) is 1. The Hall–Kier alpha value is -2.14. The van der Waals surface area contributed by atoms with Crippen LogP contribution in [0.3, 0.4) is 0 Å². The predicted octanol–water partition coefficient (Wildman–Crippen LogP) is 4.56. The highest BCUT2D eigenvalue weighted by Crippen LogP contribution is 2.32. The van der Waals surface area contributed by atoms with E-state index in [9.17, 15) is 9.59 Å². The first kappa shape index (κ1) is 23.0. The number of benzene rings is 1. The predicted molar refractivity (Wildman–Crippen MR) is 128 cm³/mol. The van der Waals surface area contributed by atoms with Gasteiger partial charge in [-0.3, -0.25) is 9.59 Å². The molecule has 5 nitrogen and oxygen atoms in total. The molecule has 0 spiro atoms. The van der Waals surface area contributed by atoms with E-state index >= 15 is 0 Å². The second-order valence-corrected chi connectivity index (χ2v) is 11.2. The number of allylic oxidation sites excluding steroid dienone is 1. The SMILES string of the molecule is C=C1CCC(N2Cc3cc(C[C@H]4CCCC[C@@H]4NCCC(C)(C)C)ccc3C2=O)C(=O)N1. The van der Waals surface area contributed by atoms with Gasteiger partial charge in [0.25, 0.3) is 5.91 Å². The molecule has 3 atom stereocenters. The summed E-state index contributed by atoms with van der Waals surface area (Å²) in [5, 5.41) is 6.67. The highest BCUT2D eigenvalue weighted by molar-refractivity contribution is 6.01. The molecule has 5 heteroatoms. The van der Waals surface area contributed by atoms with Crippen molar-refractivity contribution < 1.29 is 9.59 Å². The summed E-state index contributed by atoms with van der Waals surface area (Å²) in [5.74, 6) is 0.526. The monoisotopic (exact) mass is 437 g/mol. The summed E-state index contributed by atoms with van der Waals surface area (Å²) in [7, 11) is 0. The minimum absolute atomic E-state index is 0.0152. The highest BCUT2D eigenvalue weighted by Gasteiger charge is 2.38. The maximum Gasteiger partial charge on any atom is 0.255 e. The Morgan fingerprint density at radius 1 is 1.16 bits per heavy atom. The standard InChI is InChI=1S/C27H39N3O2/c1-18-9-12-24(25(31)29-18)30-17-21-16-19(10-11-22(21)26(30)32)15-20-7-5-6-8-23(20)28-14-13-27(2,3)4/h10-11,16,20,23-24,28H,1,5-9,12-15,17H2,2-4H3,(H,29,31)/t20-,23+,24?/m1/s1. The van der Waals surface area contributed by atoms with Crippen LogP contribution in [0.2, 0.25) is 0 Å². The van der Waals surface area contributed by atoms with Crippen molar-refractivity contribution in [2.45, 2.75) is 90.8 Å². The molecule has 1 aromatic rings. The fourth-order valence-electron chi connectivity index (χ4n) is 5.49. The van der Waals surface area contributed by atoms with Crippen LogP contribution in [0.5, 0.6) is 0 Å². The van der Waals surface area contributed by atoms with Gasteiger partial charge in [0.05, 0.1) is 0 Å². The zero-order chi connectivity index (χ0) is 22.9. The molecular formula is C27H39N3O2. The van der Waals surface area contributed by atoms with Crippen LogP contribution in [-0.2, 0) is 17.8 Å². The zero-order valence-electron chi connectivity index (χ0n) is 20.0. The minimum atomic E-state index is -0.390. The molecule has 1 unspecified atom stereocenters. The van der Waals surface area contributed by atoms with E-state index in [1.54, 1.807) is 4.90 Å². The van der Waals surface area contributed by atoms with Gasteiger partial charge in [-0.25, -0.2) is 0 Å². The van der Waals surface area contributed by atoms with E-state index in [0.29, 0.717) is 30.3 Å². The molecule has 2 amide bonds. The summed E-state index contributed by atoms with van der Waals surface area (Å²) < 4.78 is 0. The number of carbonyl (C=O) groups excluding carboxylic acids is 2. The van der Waals surface area contributed by atoms with Crippen molar-refractivity contribution in [3.8, 4) is 0 Å². The van der Waals surface area contributed by atoms with Crippen molar-refractivity contribution in [2.24, 2.45) is 11.3 Å². The van der Waals surface area contributed by atoms with Gasteiger partial charge in [-0.1, -0.05) is 52.3 Å². The number of hydrogen-bond acceptors (Lipinski definition) is 3. The largest absolute Gasteiger partial charge is 0.329 e. The smallest absolute Gasteiger partial charge is 0.255 e. The third-order valence-corrected chi connectivity index (χ3v) is 7.39.